The molecule has 2 aliphatic rings. The van der Waals surface area contributed by atoms with Crippen LogP contribution in [0.25, 0.3) is 0 Å². The molecule has 1 N–H and O–H groups in total. The van der Waals surface area contributed by atoms with Gasteiger partial charge in [0.2, 0.25) is 12.7 Å². The van der Waals surface area contributed by atoms with Gasteiger partial charge in [-0.3, -0.25) is 4.79 Å². The van der Waals surface area contributed by atoms with Crippen LogP contribution in [0, 0.1) is 5.41 Å². The highest BCUT2D eigenvalue weighted by Gasteiger charge is 2.68. The minimum atomic E-state index is -0.970. The molecule has 4 nitrogen and oxygen atoms in total. The fourth-order valence-electron chi connectivity index (χ4n) is 2.43. The first-order chi connectivity index (χ1) is 9.66. The third-order valence-electron chi connectivity index (χ3n) is 4.28. The first-order valence-corrected chi connectivity index (χ1v) is 7.52. The van der Waals surface area contributed by atoms with Crippen molar-refractivity contribution in [2.24, 2.45) is 5.41 Å². The summed E-state index contributed by atoms with van der Waals surface area (Å²) in [6.07, 6.45) is 0.464. The summed E-state index contributed by atoms with van der Waals surface area (Å²) in [5.41, 5.74) is -0.365. The van der Waals surface area contributed by atoms with Crippen molar-refractivity contribution in [2.45, 2.75) is 37.1 Å². The van der Waals surface area contributed by atoms with E-state index in [-0.39, 0.29) is 12.7 Å². The van der Waals surface area contributed by atoms with Crippen LogP contribution in [0.5, 0.6) is 11.5 Å². The average Bonchev–Trinajstić information content (AvgIpc) is 2.77. The van der Waals surface area contributed by atoms with Crippen LogP contribution in [0.2, 0.25) is 0 Å². The largest absolute Gasteiger partial charge is 0.454 e. The van der Waals surface area contributed by atoms with Crippen LogP contribution in [0.1, 0.15) is 32.8 Å². The first-order valence-electron chi connectivity index (χ1n) is 6.76. The van der Waals surface area contributed by atoms with E-state index in [4.69, 9.17) is 32.7 Å². The molecule has 0 aromatic heterocycles. The molecule has 1 aromatic rings. The quantitative estimate of drug-likeness (QED) is 0.865. The molecule has 0 saturated heterocycles. The van der Waals surface area contributed by atoms with E-state index in [2.05, 4.69) is 5.32 Å². The second-order valence-electron chi connectivity index (χ2n) is 6.36. The SMILES string of the molecule is CC(C)(NC(=O)C1(C)CC1(Cl)Cl)c1ccc2c(c1)OCO2. The van der Waals surface area contributed by atoms with Crippen molar-refractivity contribution in [3.8, 4) is 11.5 Å². The van der Waals surface area contributed by atoms with E-state index in [1.54, 1.807) is 6.92 Å². The van der Waals surface area contributed by atoms with Gasteiger partial charge in [-0.25, -0.2) is 0 Å². The third-order valence-corrected chi connectivity index (χ3v) is 5.38. The van der Waals surface area contributed by atoms with Crippen LogP contribution in [0.3, 0.4) is 0 Å². The molecule has 1 saturated carbocycles. The number of benzene rings is 1. The maximum atomic E-state index is 12.4. The summed E-state index contributed by atoms with van der Waals surface area (Å²) in [4.78, 5) is 12.4. The van der Waals surface area contributed by atoms with Crippen LogP contribution in [-0.4, -0.2) is 17.0 Å². The van der Waals surface area contributed by atoms with Gasteiger partial charge in [0, 0.05) is 0 Å². The minimum absolute atomic E-state index is 0.143. The highest BCUT2D eigenvalue weighted by atomic mass is 35.5. The van der Waals surface area contributed by atoms with E-state index in [1.165, 1.54) is 0 Å². The number of rotatable bonds is 3. The third kappa shape index (κ3) is 2.34. The molecule has 1 aromatic carbocycles. The molecule has 0 bridgehead atoms. The van der Waals surface area contributed by atoms with Gasteiger partial charge in [0.1, 0.15) is 4.33 Å². The number of carbonyl (C=O) groups excluding carboxylic acids is 1. The zero-order chi connectivity index (χ0) is 15.5. The zero-order valence-corrected chi connectivity index (χ0v) is 13.6. The van der Waals surface area contributed by atoms with E-state index >= 15 is 0 Å². The lowest BCUT2D eigenvalue weighted by molar-refractivity contribution is -0.127. The van der Waals surface area contributed by atoms with Gasteiger partial charge in [-0.05, 0) is 44.9 Å². The Morgan fingerprint density at radius 3 is 2.52 bits per heavy atom. The molecule has 1 heterocycles. The van der Waals surface area contributed by atoms with Gasteiger partial charge >= 0.3 is 0 Å². The summed E-state index contributed by atoms with van der Waals surface area (Å²) in [7, 11) is 0. The predicted octanol–water partition coefficient (Wildman–Crippen LogP) is 3.35. The summed E-state index contributed by atoms with van der Waals surface area (Å²) < 4.78 is 9.70. The monoisotopic (exact) mass is 329 g/mol. The number of hydrogen-bond acceptors (Lipinski definition) is 3. The smallest absolute Gasteiger partial charge is 0.231 e. The molecule has 6 heteroatoms. The van der Waals surface area contributed by atoms with Crippen molar-refractivity contribution in [2.75, 3.05) is 6.79 Å². The Kier molecular flexibility index (Phi) is 3.12. The maximum absolute atomic E-state index is 12.4. The van der Waals surface area contributed by atoms with Crippen LogP contribution in [0.15, 0.2) is 18.2 Å². The van der Waals surface area contributed by atoms with Gasteiger partial charge in [-0.1, -0.05) is 6.07 Å². The Balaban J connectivity index is 1.80. The van der Waals surface area contributed by atoms with Gasteiger partial charge in [-0.15, -0.1) is 23.2 Å². The Morgan fingerprint density at radius 2 is 1.90 bits per heavy atom. The number of carbonyl (C=O) groups is 1. The molecule has 0 spiro atoms. The number of nitrogens with one attached hydrogen (secondary N) is 1. The van der Waals surface area contributed by atoms with Crippen LogP contribution in [-0.2, 0) is 10.3 Å². The maximum Gasteiger partial charge on any atom is 0.231 e. The Bertz CT molecular complexity index is 615. The molecular weight excluding hydrogens is 313 g/mol. The van der Waals surface area contributed by atoms with E-state index in [1.807, 2.05) is 32.0 Å². The Labute approximate surface area is 133 Å². The van der Waals surface area contributed by atoms with E-state index in [0.29, 0.717) is 12.2 Å². The van der Waals surface area contributed by atoms with Crippen LogP contribution < -0.4 is 14.8 Å². The van der Waals surface area contributed by atoms with Crippen LogP contribution >= 0.6 is 23.2 Å². The number of ether oxygens (including phenoxy) is 2. The summed E-state index contributed by atoms with van der Waals surface area (Å²) in [6, 6.07) is 5.64. The summed E-state index contributed by atoms with van der Waals surface area (Å²) >= 11 is 12.1. The van der Waals surface area contributed by atoms with Crippen molar-refractivity contribution in [1.29, 1.82) is 0 Å². The van der Waals surface area contributed by atoms with Crippen molar-refractivity contribution >= 4 is 29.1 Å². The fraction of sp³-hybridized carbons (Fsp3) is 0.533. The van der Waals surface area contributed by atoms with Crippen molar-refractivity contribution < 1.29 is 14.3 Å². The molecule has 1 atom stereocenters. The van der Waals surface area contributed by atoms with E-state index < -0.39 is 15.3 Å². The molecular formula is C15H17Cl2NO3. The standard InChI is InChI=1S/C15H17Cl2NO3/c1-13(2,18-12(19)14(3)7-15(14,16)17)9-4-5-10-11(6-9)21-8-20-10/h4-6H,7-8H2,1-3H3,(H,18,19). The Hall–Kier alpha value is -1.13. The number of alkyl halides is 2. The average molecular weight is 330 g/mol. The van der Waals surface area contributed by atoms with Crippen molar-refractivity contribution in [3.05, 3.63) is 23.8 Å². The Morgan fingerprint density at radius 1 is 1.29 bits per heavy atom. The molecule has 1 amide bonds. The molecule has 3 rings (SSSR count). The van der Waals surface area contributed by atoms with Crippen molar-refractivity contribution in [3.63, 3.8) is 0 Å². The second-order valence-corrected chi connectivity index (χ2v) is 7.84. The first kappa shape index (κ1) is 14.8. The number of hydrogen-bond donors (Lipinski definition) is 1. The normalized spacial score (nSPS) is 25.6. The minimum Gasteiger partial charge on any atom is -0.454 e. The van der Waals surface area contributed by atoms with Gasteiger partial charge < -0.3 is 14.8 Å². The summed E-state index contributed by atoms with van der Waals surface area (Å²) in [6.45, 7) is 5.86. The second kappa shape index (κ2) is 4.43. The summed E-state index contributed by atoms with van der Waals surface area (Å²) in [5.74, 6) is 1.27. The van der Waals surface area contributed by atoms with Crippen molar-refractivity contribution in [1.82, 2.24) is 5.32 Å². The van der Waals surface area contributed by atoms with Crippen LogP contribution in [0.4, 0.5) is 0 Å². The van der Waals surface area contributed by atoms with Gasteiger partial charge in [0.25, 0.3) is 0 Å². The lowest BCUT2D eigenvalue weighted by atomic mass is 9.92. The molecule has 1 unspecified atom stereocenters. The molecule has 1 aliphatic carbocycles. The lowest BCUT2D eigenvalue weighted by Crippen LogP contribution is -2.45. The van der Waals surface area contributed by atoms with E-state index in [0.717, 1.165) is 11.3 Å². The molecule has 0 radical (unpaired) electrons. The highest BCUT2D eigenvalue weighted by molar-refractivity contribution is 6.53. The predicted molar refractivity (Wildman–Crippen MR) is 80.9 cm³/mol. The zero-order valence-electron chi connectivity index (χ0n) is 12.1. The fourth-order valence-corrected chi connectivity index (χ4v) is 3.13. The lowest BCUT2D eigenvalue weighted by Gasteiger charge is -2.29. The molecule has 1 fully saturated rings. The summed E-state index contributed by atoms with van der Waals surface area (Å²) in [5, 5.41) is 3.02. The topological polar surface area (TPSA) is 47.6 Å². The van der Waals surface area contributed by atoms with Gasteiger partial charge in [0.15, 0.2) is 11.5 Å². The van der Waals surface area contributed by atoms with Gasteiger partial charge in [0.05, 0.1) is 11.0 Å². The molecule has 1 aliphatic heterocycles. The number of fused-ring (bicyclic) bond motifs is 1. The molecule has 21 heavy (non-hydrogen) atoms. The number of amides is 1. The van der Waals surface area contributed by atoms with E-state index in [9.17, 15) is 4.79 Å². The molecule has 114 valence electrons. The van der Waals surface area contributed by atoms with Gasteiger partial charge in [-0.2, -0.15) is 0 Å². The highest BCUT2D eigenvalue weighted by Crippen LogP contribution is 2.64. The number of halogens is 2.